The molecule has 0 aliphatic carbocycles. The molecule has 0 rings (SSSR count). The fourth-order valence-corrected chi connectivity index (χ4v) is 2.29. The van der Waals surface area contributed by atoms with E-state index in [-0.39, 0.29) is 0 Å². The van der Waals surface area contributed by atoms with E-state index in [1.807, 2.05) is 0 Å². The lowest BCUT2D eigenvalue weighted by atomic mass is 10.1. The molecule has 0 saturated carbocycles. The van der Waals surface area contributed by atoms with Crippen LogP contribution in [0.25, 0.3) is 0 Å². The molecule has 0 spiro atoms. The molecule has 2 nitrogen and oxygen atoms in total. The Morgan fingerprint density at radius 1 is 0.579 bits per heavy atom. The van der Waals surface area contributed by atoms with Crippen LogP contribution in [-0.4, -0.2) is 24.9 Å². The maximum absolute atomic E-state index is 8.63. The third-order valence-electron chi connectivity index (χ3n) is 3.59. The summed E-state index contributed by atoms with van der Waals surface area (Å²) in [6.45, 7) is 4.39. The van der Waals surface area contributed by atoms with Crippen LogP contribution in [0.3, 0.4) is 0 Å². The van der Waals surface area contributed by atoms with Gasteiger partial charge >= 0.3 is 0 Å². The second-order valence-corrected chi connectivity index (χ2v) is 5.58. The predicted octanol–water partition coefficient (Wildman–Crippen LogP) is 5.09. The molecule has 0 amide bonds. The van der Waals surface area contributed by atoms with Crippen molar-refractivity contribution in [2.24, 2.45) is 0 Å². The van der Waals surface area contributed by atoms with Crippen molar-refractivity contribution >= 4 is 0 Å². The van der Waals surface area contributed by atoms with Crippen molar-refractivity contribution in [1.29, 1.82) is 0 Å². The largest absolute Gasteiger partial charge is 0.396 e. The van der Waals surface area contributed by atoms with Gasteiger partial charge in [-0.1, -0.05) is 64.7 Å². The summed E-state index contributed by atoms with van der Waals surface area (Å²) in [4.78, 5) is 0. The molecule has 0 unspecified atom stereocenters. The van der Waals surface area contributed by atoms with Gasteiger partial charge in [0.15, 0.2) is 0 Å². The Kier molecular flexibility index (Phi) is 17.8. The van der Waals surface area contributed by atoms with Gasteiger partial charge in [-0.05, 0) is 25.7 Å². The van der Waals surface area contributed by atoms with Crippen LogP contribution in [0.15, 0.2) is 0 Å². The van der Waals surface area contributed by atoms with Crippen LogP contribution in [-0.2, 0) is 4.74 Å². The Bertz CT molecular complexity index is 132. The van der Waals surface area contributed by atoms with Crippen LogP contribution in [0.4, 0.5) is 0 Å². The Labute approximate surface area is 120 Å². The van der Waals surface area contributed by atoms with E-state index in [1.54, 1.807) is 0 Å². The van der Waals surface area contributed by atoms with Gasteiger partial charge in [0.1, 0.15) is 0 Å². The lowest BCUT2D eigenvalue weighted by Crippen LogP contribution is -1.97. The molecule has 0 bridgehead atoms. The summed E-state index contributed by atoms with van der Waals surface area (Å²) in [6, 6.07) is 0. The highest BCUT2D eigenvalue weighted by Crippen LogP contribution is 2.10. The minimum atomic E-state index is 0.318. The molecular weight excluding hydrogens is 236 g/mol. The highest BCUT2D eigenvalue weighted by Gasteiger charge is 1.93. The molecule has 0 aromatic carbocycles. The highest BCUT2D eigenvalue weighted by molar-refractivity contribution is 4.47. The molecule has 2 heteroatoms. The van der Waals surface area contributed by atoms with Crippen LogP contribution >= 0.6 is 0 Å². The van der Waals surface area contributed by atoms with Gasteiger partial charge in [0.2, 0.25) is 0 Å². The first-order chi connectivity index (χ1) is 9.41. The van der Waals surface area contributed by atoms with E-state index in [1.165, 1.54) is 64.2 Å². The molecule has 0 aliphatic rings. The minimum absolute atomic E-state index is 0.318. The van der Waals surface area contributed by atoms with E-state index in [0.29, 0.717) is 6.61 Å². The second kappa shape index (κ2) is 17.9. The van der Waals surface area contributed by atoms with Gasteiger partial charge in [0.25, 0.3) is 0 Å². The molecule has 0 atom stereocenters. The van der Waals surface area contributed by atoms with E-state index < -0.39 is 0 Å². The zero-order chi connectivity index (χ0) is 14.0. The van der Waals surface area contributed by atoms with E-state index in [0.717, 1.165) is 32.5 Å². The highest BCUT2D eigenvalue weighted by atomic mass is 16.5. The fraction of sp³-hybridized carbons (Fsp3) is 1.00. The van der Waals surface area contributed by atoms with Crippen molar-refractivity contribution in [2.75, 3.05) is 19.8 Å². The van der Waals surface area contributed by atoms with Crippen LogP contribution in [0.2, 0.25) is 0 Å². The first-order valence-electron chi connectivity index (χ1n) is 8.60. The molecule has 0 radical (unpaired) electrons. The first-order valence-corrected chi connectivity index (χ1v) is 8.60. The van der Waals surface area contributed by atoms with Crippen LogP contribution in [0.1, 0.15) is 90.4 Å². The topological polar surface area (TPSA) is 29.5 Å². The molecule has 0 heterocycles. The van der Waals surface area contributed by atoms with E-state index in [2.05, 4.69) is 6.92 Å². The quantitative estimate of drug-likeness (QED) is 0.397. The normalized spacial score (nSPS) is 11.1. The minimum Gasteiger partial charge on any atom is -0.396 e. The van der Waals surface area contributed by atoms with Crippen molar-refractivity contribution in [2.45, 2.75) is 90.4 Å². The summed E-state index contributed by atoms with van der Waals surface area (Å²) in [7, 11) is 0. The third-order valence-corrected chi connectivity index (χ3v) is 3.59. The van der Waals surface area contributed by atoms with Gasteiger partial charge in [-0.3, -0.25) is 0 Å². The summed E-state index contributed by atoms with van der Waals surface area (Å²) in [5.41, 5.74) is 0. The van der Waals surface area contributed by atoms with Crippen molar-refractivity contribution < 1.29 is 9.84 Å². The Hall–Kier alpha value is -0.0800. The number of rotatable bonds is 16. The first kappa shape index (κ1) is 18.9. The molecule has 116 valence electrons. The monoisotopic (exact) mass is 272 g/mol. The Morgan fingerprint density at radius 3 is 1.47 bits per heavy atom. The molecule has 1 N–H and O–H groups in total. The van der Waals surface area contributed by atoms with E-state index in [9.17, 15) is 0 Å². The molecule has 19 heavy (non-hydrogen) atoms. The maximum atomic E-state index is 8.63. The molecule has 0 aromatic heterocycles. The zero-order valence-electron chi connectivity index (χ0n) is 13.2. The lowest BCUT2D eigenvalue weighted by molar-refractivity contribution is 0.124. The van der Waals surface area contributed by atoms with Crippen molar-refractivity contribution in [3.8, 4) is 0 Å². The third kappa shape index (κ3) is 17.9. The SMILES string of the molecule is CCCCCCCCCCCCOCCCCCO. The molecule has 0 saturated heterocycles. The summed E-state index contributed by atoms with van der Waals surface area (Å²) in [5, 5.41) is 8.63. The summed E-state index contributed by atoms with van der Waals surface area (Å²) < 4.78 is 5.57. The number of hydrogen-bond donors (Lipinski definition) is 1. The Morgan fingerprint density at radius 2 is 1.00 bits per heavy atom. The maximum Gasteiger partial charge on any atom is 0.0466 e. The molecule has 0 fully saturated rings. The van der Waals surface area contributed by atoms with E-state index >= 15 is 0 Å². The lowest BCUT2D eigenvalue weighted by Gasteiger charge is -2.04. The number of ether oxygens (including phenoxy) is 1. The van der Waals surface area contributed by atoms with E-state index in [4.69, 9.17) is 9.84 Å². The van der Waals surface area contributed by atoms with Gasteiger partial charge in [-0.25, -0.2) is 0 Å². The second-order valence-electron chi connectivity index (χ2n) is 5.58. The van der Waals surface area contributed by atoms with Crippen molar-refractivity contribution in [3.63, 3.8) is 0 Å². The standard InChI is InChI=1S/C17H36O2/c1-2-3-4-5-6-7-8-9-10-13-16-19-17-14-11-12-15-18/h18H,2-17H2,1H3. The predicted molar refractivity (Wildman–Crippen MR) is 83.6 cm³/mol. The zero-order valence-corrected chi connectivity index (χ0v) is 13.2. The summed E-state index contributed by atoms with van der Waals surface area (Å²) in [5.74, 6) is 0. The van der Waals surface area contributed by atoms with Crippen LogP contribution < -0.4 is 0 Å². The summed E-state index contributed by atoms with van der Waals surface area (Å²) in [6.07, 6.45) is 16.9. The van der Waals surface area contributed by atoms with Crippen molar-refractivity contribution in [3.05, 3.63) is 0 Å². The average Bonchev–Trinajstić information content (AvgIpc) is 2.43. The average molecular weight is 272 g/mol. The van der Waals surface area contributed by atoms with Gasteiger partial charge in [0, 0.05) is 19.8 Å². The smallest absolute Gasteiger partial charge is 0.0466 e. The van der Waals surface area contributed by atoms with Gasteiger partial charge in [-0.2, -0.15) is 0 Å². The van der Waals surface area contributed by atoms with Crippen molar-refractivity contribution in [1.82, 2.24) is 0 Å². The number of hydrogen-bond acceptors (Lipinski definition) is 2. The number of aliphatic hydroxyl groups excluding tert-OH is 1. The number of aliphatic hydroxyl groups is 1. The van der Waals surface area contributed by atoms with Gasteiger partial charge in [0.05, 0.1) is 0 Å². The molecular formula is C17H36O2. The van der Waals surface area contributed by atoms with Gasteiger partial charge in [-0.15, -0.1) is 0 Å². The summed E-state index contributed by atoms with van der Waals surface area (Å²) >= 11 is 0. The Balaban J connectivity index is 2.88. The number of unbranched alkanes of at least 4 members (excludes halogenated alkanes) is 11. The van der Waals surface area contributed by atoms with Gasteiger partial charge < -0.3 is 9.84 Å². The molecule has 0 aliphatic heterocycles. The molecule has 0 aromatic rings. The van der Waals surface area contributed by atoms with Crippen LogP contribution in [0, 0.1) is 0 Å². The fourth-order valence-electron chi connectivity index (χ4n) is 2.29. The van der Waals surface area contributed by atoms with Crippen LogP contribution in [0.5, 0.6) is 0 Å².